The van der Waals surface area contributed by atoms with Crippen LogP contribution in [0.5, 0.6) is 0 Å². The van der Waals surface area contributed by atoms with E-state index in [4.69, 9.17) is 0 Å². The Morgan fingerprint density at radius 3 is 1.70 bits per heavy atom. The molecule has 9 aromatic rings. The highest BCUT2D eigenvalue weighted by Crippen LogP contribution is 2.50. The van der Waals surface area contributed by atoms with Gasteiger partial charge in [-0.05, 0) is 127 Å². The van der Waals surface area contributed by atoms with Crippen LogP contribution in [0.4, 0.5) is 0 Å². The van der Waals surface area contributed by atoms with Gasteiger partial charge in [-0.25, -0.2) is 0 Å². The molecule has 0 atom stereocenters. The van der Waals surface area contributed by atoms with Gasteiger partial charge in [-0.1, -0.05) is 129 Å². The standard InChI is InChI=1S/C49H35N/c1-49(2)45-22-11-9-20-41(45)43-28-39-31-48-44(29-38(39)30-46(43)49)42-21-10-12-23-47(42)50(48)40-19-13-18-34(27-40)37-25-35(32-14-5-3-6-15-32)24-36(26-37)33-16-7-4-8-17-33/h3-31H,1-2H3. The monoisotopic (exact) mass is 637 g/mol. The molecular weight excluding hydrogens is 603 g/mol. The van der Waals surface area contributed by atoms with Gasteiger partial charge in [-0.2, -0.15) is 0 Å². The van der Waals surface area contributed by atoms with Crippen LogP contribution in [0.15, 0.2) is 176 Å². The van der Waals surface area contributed by atoms with Gasteiger partial charge >= 0.3 is 0 Å². The van der Waals surface area contributed by atoms with E-state index in [1.54, 1.807) is 0 Å². The summed E-state index contributed by atoms with van der Waals surface area (Å²) in [7, 11) is 0. The van der Waals surface area contributed by atoms with Gasteiger partial charge in [0.05, 0.1) is 11.0 Å². The van der Waals surface area contributed by atoms with Gasteiger partial charge < -0.3 is 4.57 Å². The Kier molecular flexibility index (Phi) is 6.29. The van der Waals surface area contributed by atoms with Gasteiger partial charge in [0.1, 0.15) is 0 Å². The number of rotatable bonds is 4. The van der Waals surface area contributed by atoms with E-state index in [9.17, 15) is 0 Å². The van der Waals surface area contributed by atoms with Crippen molar-refractivity contribution in [3.63, 3.8) is 0 Å². The minimum absolute atomic E-state index is 0.0261. The molecule has 0 amide bonds. The van der Waals surface area contributed by atoms with Gasteiger partial charge in [0.2, 0.25) is 0 Å². The van der Waals surface area contributed by atoms with Crippen molar-refractivity contribution in [1.82, 2.24) is 4.57 Å². The molecule has 50 heavy (non-hydrogen) atoms. The van der Waals surface area contributed by atoms with Gasteiger partial charge in [-0.3, -0.25) is 0 Å². The molecule has 0 saturated heterocycles. The maximum absolute atomic E-state index is 2.46. The molecule has 0 N–H and O–H groups in total. The van der Waals surface area contributed by atoms with Crippen LogP contribution in [-0.4, -0.2) is 4.57 Å². The average Bonchev–Trinajstić information content (AvgIpc) is 3.61. The van der Waals surface area contributed by atoms with Crippen molar-refractivity contribution in [2.75, 3.05) is 0 Å². The summed E-state index contributed by atoms with van der Waals surface area (Å²) < 4.78 is 2.46. The second-order valence-electron chi connectivity index (χ2n) is 14.2. The number of para-hydroxylation sites is 1. The van der Waals surface area contributed by atoms with E-state index < -0.39 is 0 Å². The largest absolute Gasteiger partial charge is 0.309 e. The first kappa shape index (κ1) is 28.8. The summed E-state index contributed by atoms with van der Waals surface area (Å²) in [6.07, 6.45) is 0. The Morgan fingerprint density at radius 1 is 0.360 bits per heavy atom. The number of hydrogen-bond acceptors (Lipinski definition) is 0. The van der Waals surface area contributed by atoms with Crippen molar-refractivity contribution in [2.24, 2.45) is 0 Å². The topological polar surface area (TPSA) is 4.93 Å². The zero-order chi connectivity index (χ0) is 33.4. The van der Waals surface area contributed by atoms with Gasteiger partial charge in [-0.15, -0.1) is 0 Å². The molecule has 0 unspecified atom stereocenters. The van der Waals surface area contributed by atoms with E-state index in [0.717, 1.165) is 5.69 Å². The lowest BCUT2D eigenvalue weighted by molar-refractivity contribution is 0.661. The van der Waals surface area contributed by atoms with Crippen molar-refractivity contribution >= 4 is 32.6 Å². The summed E-state index contributed by atoms with van der Waals surface area (Å²) in [6.45, 7) is 4.72. The van der Waals surface area contributed by atoms with E-state index in [1.807, 2.05) is 0 Å². The third kappa shape index (κ3) is 4.40. The molecule has 0 spiro atoms. The fourth-order valence-corrected chi connectivity index (χ4v) is 8.40. The van der Waals surface area contributed by atoms with Crippen LogP contribution < -0.4 is 0 Å². The van der Waals surface area contributed by atoms with E-state index in [1.165, 1.54) is 88.2 Å². The highest BCUT2D eigenvalue weighted by atomic mass is 15.0. The molecule has 0 fully saturated rings. The highest BCUT2D eigenvalue weighted by molar-refractivity contribution is 6.14. The van der Waals surface area contributed by atoms with Crippen LogP contribution in [0.1, 0.15) is 25.0 Å². The summed E-state index contributed by atoms with van der Waals surface area (Å²) in [6, 6.07) is 64.9. The van der Waals surface area contributed by atoms with Crippen LogP contribution in [-0.2, 0) is 5.41 Å². The quantitative estimate of drug-likeness (QED) is 0.181. The second kappa shape index (κ2) is 10.9. The van der Waals surface area contributed by atoms with E-state index in [2.05, 4.69) is 194 Å². The lowest BCUT2D eigenvalue weighted by Gasteiger charge is -2.21. The molecule has 1 aliphatic carbocycles. The Bertz CT molecular complexity index is 2710. The minimum Gasteiger partial charge on any atom is -0.309 e. The molecule has 1 nitrogen and oxygen atoms in total. The molecule has 236 valence electrons. The first-order chi connectivity index (χ1) is 24.5. The number of fused-ring (bicyclic) bond motifs is 7. The van der Waals surface area contributed by atoms with E-state index in [-0.39, 0.29) is 5.41 Å². The average molecular weight is 638 g/mol. The Morgan fingerprint density at radius 2 is 0.960 bits per heavy atom. The molecule has 0 radical (unpaired) electrons. The molecule has 1 heteroatoms. The molecule has 0 aliphatic heterocycles. The number of nitrogens with zero attached hydrogens (tertiary/aromatic N) is 1. The van der Waals surface area contributed by atoms with Gasteiger partial charge in [0, 0.05) is 21.9 Å². The Labute approximate surface area is 292 Å². The predicted molar refractivity (Wildman–Crippen MR) is 212 cm³/mol. The van der Waals surface area contributed by atoms with Gasteiger partial charge in [0.15, 0.2) is 0 Å². The maximum Gasteiger partial charge on any atom is 0.0547 e. The fourth-order valence-electron chi connectivity index (χ4n) is 8.40. The van der Waals surface area contributed by atoms with Crippen LogP contribution in [0.3, 0.4) is 0 Å². The van der Waals surface area contributed by atoms with Crippen LogP contribution in [0.25, 0.3) is 82.8 Å². The van der Waals surface area contributed by atoms with Crippen LogP contribution in [0.2, 0.25) is 0 Å². The normalized spacial score (nSPS) is 13.2. The van der Waals surface area contributed by atoms with Crippen molar-refractivity contribution in [2.45, 2.75) is 19.3 Å². The summed E-state index contributed by atoms with van der Waals surface area (Å²) in [5.74, 6) is 0. The predicted octanol–water partition coefficient (Wildman–Crippen LogP) is 13.2. The molecule has 1 heterocycles. The molecule has 8 aromatic carbocycles. The third-order valence-electron chi connectivity index (χ3n) is 10.9. The lowest BCUT2D eigenvalue weighted by atomic mass is 9.82. The lowest BCUT2D eigenvalue weighted by Crippen LogP contribution is -2.14. The summed E-state index contributed by atoms with van der Waals surface area (Å²) in [5, 5.41) is 5.12. The number of benzene rings is 8. The molecule has 10 rings (SSSR count). The number of hydrogen-bond donors (Lipinski definition) is 0. The Balaban J connectivity index is 1.18. The zero-order valence-electron chi connectivity index (χ0n) is 28.2. The molecule has 1 aromatic heterocycles. The van der Waals surface area contributed by atoms with Crippen molar-refractivity contribution in [3.05, 3.63) is 187 Å². The molecule has 0 bridgehead atoms. The van der Waals surface area contributed by atoms with E-state index in [0.29, 0.717) is 0 Å². The Hall–Kier alpha value is -6.18. The summed E-state index contributed by atoms with van der Waals surface area (Å²) >= 11 is 0. The van der Waals surface area contributed by atoms with Crippen LogP contribution >= 0.6 is 0 Å². The molecule has 1 aliphatic rings. The minimum atomic E-state index is -0.0261. The van der Waals surface area contributed by atoms with Crippen molar-refractivity contribution in [3.8, 4) is 50.2 Å². The molecular formula is C49H35N. The first-order valence-corrected chi connectivity index (χ1v) is 17.5. The SMILES string of the molecule is CC1(C)c2ccccc2-c2cc3cc4c(cc3cc21)c1ccccc1n4-c1cccc(-c2cc(-c3ccccc3)cc(-c3ccccc3)c2)c1. The van der Waals surface area contributed by atoms with Crippen LogP contribution in [0, 0.1) is 0 Å². The van der Waals surface area contributed by atoms with Gasteiger partial charge in [0.25, 0.3) is 0 Å². The van der Waals surface area contributed by atoms with Crippen molar-refractivity contribution in [1.29, 1.82) is 0 Å². The first-order valence-electron chi connectivity index (χ1n) is 17.5. The number of aromatic nitrogens is 1. The second-order valence-corrected chi connectivity index (χ2v) is 14.2. The molecule has 0 saturated carbocycles. The highest BCUT2D eigenvalue weighted by Gasteiger charge is 2.35. The van der Waals surface area contributed by atoms with Crippen molar-refractivity contribution < 1.29 is 0 Å². The van der Waals surface area contributed by atoms with E-state index >= 15 is 0 Å². The fraction of sp³-hybridized carbons (Fsp3) is 0.0612. The maximum atomic E-state index is 2.46. The summed E-state index contributed by atoms with van der Waals surface area (Å²) in [4.78, 5) is 0. The third-order valence-corrected chi connectivity index (χ3v) is 10.9. The zero-order valence-corrected chi connectivity index (χ0v) is 28.2. The summed E-state index contributed by atoms with van der Waals surface area (Å²) in [5.41, 5.74) is 16.4. The smallest absolute Gasteiger partial charge is 0.0547 e.